The van der Waals surface area contributed by atoms with E-state index in [-0.39, 0.29) is 5.91 Å². The molecule has 1 aliphatic heterocycles. The number of rotatable bonds is 6. The predicted molar refractivity (Wildman–Crippen MR) is 72.6 cm³/mol. The zero-order chi connectivity index (χ0) is 13.0. The summed E-state index contributed by atoms with van der Waals surface area (Å²) < 4.78 is 0. The number of nitrogens with zero attached hydrogens (tertiary/aromatic N) is 2. The van der Waals surface area contributed by atoms with Crippen molar-refractivity contribution in [1.29, 1.82) is 0 Å². The van der Waals surface area contributed by atoms with Crippen molar-refractivity contribution >= 4 is 5.91 Å². The van der Waals surface area contributed by atoms with E-state index in [1.54, 1.807) is 0 Å². The van der Waals surface area contributed by atoms with Crippen molar-refractivity contribution in [3.05, 3.63) is 0 Å². The molecule has 0 bridgehead atoms. The standard InChI is InChI=1S/C13H26N4O/c1-16-7-8-17(2)12(10-16)9-15-13(18)5-6-14-11-3-4-11/h11-12,14H,3-10H2,1-2H3,(H,15,18). The molecule has 1 unspecified atom stereocenters. The lowest BCUT2D eigenvalue weighted by Crippen LogP contribution is -2.54. The first-order valence-corrected chi connectivity index (χ1v) is 7.04. The van der Waals surface area contributed by atoms with Crippen LogP contribution in [0.4, 0.5) is 0 Å². The molecule has 5 nitrogen and oxygen atoms in total. The summed E-state index contributed by atoms with van der Waals surface area (Å²) in [5.74, 6) is 0.171. The molecule has 2 rings (SSSR count). The number of hydrogen-bond donors (Lipinski definition) is 2. The van der Waals surface area contributed by atoms with Crippen LogP contribution >= 0.6 is 0 Å². The quantitative estimate of drug-likeness (QED) is 0.670. The molecule has 1 amide bonds. The smallest absolute Gasteiger partial charge is 0.221 e. The van der Waals surface area contributed by atoms with Gasteiger partial charge < -0.3 is 15.5 Å². The summed E-state index contributed by atoms with van der Waals surface area (Å²) in [6.07, 6.45) is 3.16. The highest BCUT2D eigenvalue weighted by molar-refractivity contribution is 5.76. The van der Waals surface area contributed by atoms with Gasteiger partial charge >= 0.3 is 0 Å². The topological polar surface area (TPSA) is 47.6 Å². The zero-order valence-electron chi connectivity index (χ0n) is 11.6. The van der Waals surface area contributed by atoms with Crippen LogP contribution in [0.1, 0.15) is 19.3 Å². The summed E-state index contributed by atoms with van der Waals surface area (Å²) in [5.41, 5.74) is 0. The first-order valence-electron chi connectivity index (χ1n) is 7.04. The third-order valence-electron chi connectivity index (χ3n) is 3.88. The lowest BCUT2D eigenvalue weighted by molar-refractivity contribution is -0.121. The molecular weight excluding hydrogens is 228 g/mol. The van der Waals surface area contributed by atoms with Crippen LogP contribution in [0.5, 0.6) is 0 Å². The Labute approximate surface area is 110 Å². The van der Waals surface area contributed by atoms with Gasteiger partial charge in [0.2, 0.25) is 5.91 Å². The minimum Gasteiger partial charge on any atom is -0.354 e. The van der Waals surface area contributed by atoms with E-state index < -0.39 is 0 Å². The Bertz CT molecular complexity index is 280. The number of hydrogen-bond acceptors (Lipinski definition) is 4. The van der Waals surface area contributed by atoms with Crippen LogP contribution in [-0.2, 0) is 4.79 Å². The summed E-state index contributed by atoms with van der Waals surface area (Å²) in [6.45, 7) is 4.82. The second kappa shape index (κ2) is 6.50. The van der Waals surface area contributed by atoms with E-state index in [0.29, 0.717) is 18.5 Å². The molecule has 18 heavy (non-hydrogen) atoms. The van der Waals surface area contributed by atoms with Crippen LogP contribution in [0.25, 0.3) is 0 Å². The van der Waals surface area contributed by atoms with Crippen molar-refractivity contribution in [2.24, 2.45) is 0 Å². The largest absolute Gasteiger partial charge is 0.354 e. The Morgan fingerprint density at radius 1 is 1.28 bits per heavy atom. The van der Waals surface area contributed by atoms with Gasteiger partial charge in [-0.3, -0.25) is 9.69 Å². The highest BCUT2D eigenvalue weighted by Crippen LogP contribution is 2.18. The predicted octanol–water partition coefficient (Wildman–Crippen LogP) is -0.509. The minimum atomic E-state index is 0.171. The van der Waals surface area contributed by atoms with Gasteiger partial charge in [0, 0.05) is 51.2 Å². The molecule has 1 heterocycles. The van der Waals surface area contributed by atoms with Crippen molar-refractivity contribution in [2.45, 2.75) is 31.3 Å². The summed E-state index contributed by atoms with van der Waals surface area (Å²) in [4.78, 5) is 16.4. The first-order chi connectivity index (χ1) is 8.65. The zero-order valence-corrected chi connectivity index (χ0v) is 11.6. The van der Waals surface area contributed by atoms with Gasteiger partial charge in [-0.1, -0.05) is 0 Å². The van der Waals surface area contributed by atoms with Gasteiger partial charge in [-0.05, 0) is 26.9 Å². The highest BCUT2D eigenvalue weighted by Gasteiger charge is 2.23. The van der Waals surface area contributed by atoms with Crippen LogP contribution in [-0.4, -0.2) is 74.6 Å². The maximum atomic E-state index is 11.7. The maximum Gasteiger partial charge on any atom is 0.221 e. The Morgan fingerprint density at radius 3 is 2.78 bits per heavy atom. The Morgan fingerprint density at radius 2 is 2.06 bits per heavy atom. The summed E-state index contributed by atoms with van der Waals surface area (Å²) in [5, 5.41) is 6.41. The van der Waals surface area contributed by atoms with E-state index >= 15 is 0 Å². The fourth-order valence-corrected chi connectivity index (χ4v) is 2.32. The number of carbonyl (C=O) groups is 1. The highest BCUT2D eigenvalue weighted by atomic mass is 16.1. The number of likely N-dealkylation sites (N-methyl/N-ethyl adjacent to an activating group) is 2. The minimum absolute atomic E-state index is 0.171. The molecule has 2 aliphatic rings. The van der Waals surface area contributed by atoms with Gasteiger partial charge in [-0.25, -0.2) is 0 Å². The molecule has 1 atom stereocenters. The van der Waals surface area contributed by atoms with Crippen LogP contribution in [0.2, 0.25) is 0 Å². The van der Waals surface area contributed by atoms with Crippen molar-refractivity contribution in [3.63, 3.8) is 0 Å². The molecule has 0 aromatic heterocycles. The lowest BCUT2D eigenvalue weighted by Gasteiger charge is -2.37. The van der Waals surface area contributed by atoms with Crippen molar-refractivity contribution in [3.8, 4) is 0 Å². The van der Waals surface area contributed by atoms with Crippen molar-refractivity contribution in [2.75, 3.05) is 46.8 Å². The molecule has 1 saturated heterocycles. The molecule has 2 fully saturated rings. The van der Waals surface area contributed by atoms with E-state index in [2.05, 4.69) is 34.5 Å². The first kappa shape index (κ1) is 13.8. The van der Waals surface area contributed by atoms with Gasteiger partial charge in [-0.2, -0.15) is 0 Å². The number of carbonyl (C=O) groups excluding carboxylic acids is 1. The molecule has 1 saturated carbocycles. The van der Waals surface area contributed by atoms with Crippen LogP contribution < -0.4 is 10.6 Å². The average Bonchev–Trinajstić information content (AvgIpc) is 3.14. The summed E-state index contributed by atoms with van der Waals surface area (Å²) in [6, 6.07) is 1.14. The average molecular weight is 254 g/mol. The van der Waals surface area contributed by atoms with Gasteiger partial charge in [0.15, 0.2) is 0 Å². The lowest BCUT2D eigenvalue weighted by atomic mass is 10.2. The Kier molecular flexibility index (Phi) is 4.97. The normalized spacial score (nSPS) is 26.2. The third kappa shape index (κ3) is 4.55. The van der Waals surface area contributed by atoms with E-state index in [1.165, 1.54) is 12.8 Å². The third-order valence-corrected chi connectivity index (χ3v) is 3.88. The summed E-state index contributed by atoms with van der Waals surface area (Å²) >= 11 is 0. The van der Waals surface area contributed by atoms with Crippen molar-refractivity contribution < 1.29 is 4.79 Å². The molecule has 0 radical (unpaired) electrons. The van der Waals surface area contributed by atoms with E-state index in [4.69, 9.17) is 0 Å². The molecule has 0 aromatic carbocycles. The number of amides is 1. The van der Waals surface area contributed by atoms with Gasteiger partial charge in [0.1, 0.15) is 0 Å². The van der Waals surface area contributed by atoms with Gasteiger partial charge in [0.05, 0.1) is 0 Å². The monoisotopic (exact) mass is 254 g/mol. The van der Waals surface area contributed by atoms with E-state index in [0.717, 1.165) is 32.7 Å². The van der Waals surface area contributed by atoms with E-state index in [1.807, 2.05) is 0 Å². The maximum absolute atomic E-state index is 11.7. The molecule has 104 valence electrons. The number of nitrogens with one attached hydrogen (secondary N) is 2. The molecule has 5 heteroatoms. The van der Waals surface area contributed by atoms with Gasteiger partial charge in [-0.15, -0.1) is 0 Å². The second-order valence-corrected chi connectivity index (χ2v) is 5.68. The fourth-order valence-electron chi connectivity index (χ4n) is 2.32. The Balaban J connectivity index is 1.58. The van der Waals surface area contributed by atoms with Crippen LogP contribution in [0.3, 0.4) is 0 Å². The fraction of sp³-hybridized carbons (Fsp3) is 0.923. The molecule has 0 spiro atoms. The molecule has 2 N–H and O–H groups in total. The molecule has 0 aromatic rings. The molecule has 1 aliphatic carbocycles. The van der Waals surface area contributed by atoms with Crippen molar-refractivity contribution in [1.82, 2.24) is 20.4 Å². The second-order valence-electron chi connectivity index (χ2n) is 5.68. The van der Waals surface area contributed by atoms with Crippen LogP contribution in [0, 0.1) is 0 Å². The summed E-state index contributed by atoms with van der Waals surface area (Å²) in [7, 11) is 4.28. The molecular formula is C13H26N4O. The SMILES string of the molecule is CN1CCN(C)C(CNC(=O)CCNC2CC2)C1. The van der Waals surface area contributed by atoms with E-state index in [9.17, 15) is 4.79 Å². The Hall–Kier alpha value is -0.650. The number of piperazine rings is 1. The van der Waals surface area contributed by atoms with Gasteiger partial charge in [0.25, 0.3) is 0 Å². The van der Waals surface area contributed by atoms with Crippen LogP contribution in [0.15, 0.2) is 0 Å².